The molecule has 19 heavy (non-hydrogen) atoms. The Morgan fingerprint density at radius 2 is 2.11 bits per heavy atom. The van der Waals surface area contributed by atoms with E-state index in [9.17, 15) is 4.39 Å². The molecule has 0 amide bonds. The highest BCUT2D eigenvalue weighted by Crippen LogP contribution is 2.24. The molecular formula is C15H17FN2O. The smallest absolute Gasteiger partial charge is 0.219 e. The first-order valence-electron chi connectivity index (χ1n) is 6.28. The molecule has 0 saturated heterocycles. The van der Waals surface area contributed by atoms with E-state index in [0.717, 1.165) is 24.2 Å². The van der Waals surface area contributed by atoms with E-state index in [2.05, 4.69) is 17.2 Å². The minimum absolute atomic E-state index is 0.315. The Bertz CT molecular complexity index is 540. The van der Waals surface area contributed by atoms with Crippen LogP contribution < -0.4 is 10.1 Å². The molecule has 1 aromatic heterocycles. The van der Waals surface area contributed by atoms with Crippen LogP contribution in [0, 0.1) is 12.7 Å². The lowest BCUT2D eigenvalue weighted by Gasteiger charge is -2.08. The van der Waals surface area contributed by atoms with Crippen LogP contribution in [0.2, 0.25) is 0 Å². The number of rotatable bonds is 5. The van der Waals surface area contributed by atoms with Crippen molar-refractivity contribution in [2.75, 3.05) is 6.54 Å². The summed E-state index contributed by atoms with van der Waals surface area (Å²) in [5, 5.41) is 3.22. The lowest BCUT2D eigenvalue weighted by atomic mass is 10.2. The summed E-state index contributed by atoms with van der Waals surface area (Å²) in [4.78, 5) is 4.21. The molecule has 2 aromatic rings. The number of halogens is 1. The fourth-order valence-electron chi connectivity index (χ4n) is 1.64. The Kier molecular flexibility index (Phi) is 4.47. The maximum atomic E-state index is 13.1. The number of ether oxygens (including phenoxy) is 1. The van der Waals surface area contributed by atoms with Gasteiger partial charge in [0.1, 0.15) is 11.6 Å². The minimum atomic E-state index is -0.315. The summed E-state index contributed by atoms with van der Waals surface area (Å²) in [7, 11) is 0. The lowest BCUT2D eigenvalue weighted by molar-refractivity contribution is 0.454. The SMILES string of the molecule is CCNCc1ccc(Oc2cc(F)ccc2C)nc1. The Morgan fingerprint density at radius 3 is 2.79 bits per heavy atom. The molecule has 0 aliphatic heterocycles. The molecule has 0 spiro atoms. The van der Waals surface area contributed by atoms with E-state index in [-0.39, 0.29) is 5.82 Å². The molecular weight excluding hydrogens is 243 g/mol. The molecule has 0 radical (unpaired) electrons. The number of nitrogens with one attached hydrogen (secondary N) is 1. The third-order valence-electron chi connectivity index (χ3n) is 2.74. The number of aromatic nitrogens is 1. The van der Waals surface area contributed by atoms with Gasteiger partial charge in [-0.3, -0.25) is 0 Å². The van der Waals surface area contributed by atoms with Crippen molar-refractivity contribution in [3.63, 3.8) is 0 Å². The van der Waals surface area contributed by atoms with Gasteiger partial charge in [0.15, 0.2) is 0 Å². The molecule has 1 N–H and O–H groups in total. The normalized spacial score (nSPS) is 10.5. The van der Waals surface area contributed by atoms with E-state index < -0.39 is 0 Å². The average molecular weight is 260 g/mol. The van der Waals surface area contributed by atoms with Crippen LogP contribution in [0.3, 0.4) is 0 Å². The number of nitrogens with zero attached hydrogens (tertiary/aromatic N) is 1. The molecule has 1 aromatic carbocycles. The van der Waals surface area contributed by atoms with Gasteiger partial charge < -0.3 is 10.1 Å². The van der Waals surface area contributed by atoms with E-state index in [1.165, 1.54) is 12.1 Å². The summed E-state index contributed by atoms with van der Waals surface area (Å²) in [6.07, 6.45) is 1.76. The summed E-state index contributed by atoms with van der Waals surface area (Å²) >= 11 is 0. The van der Waals surface area contributed by atoms with Gasteiger partial charge in [0, 0.05) is 24.9 Å². The predicted octanol–water partition coefficient (Wildman–Crippen LogP) is 3.43. The van der Waals surface area contributed by atoms with Crippen LogP contribution >= 0.6 is 0 Å². The van der Waals surface area contributed by atoms with E-state index in [1.54, 1.807) is 18.3 Å². The fraction of sp³-hybridized carbons (Fsp3) is 0.267. The van der Waals surface area contributed by atoms with E-state index in [0.29, 0.717) is 11.6 Å². The van der Waals surface area contributed by atoms with Gasteiger partial charge >= 0.3 is 0 Å². The number of hydrogen-bond acceptors (Lipinski definition) is 3. The second kappa shape index (κ2) is 6.29. The lowest BCUT2D eigenvalue weighted by Crippen LogP contribution is -2.11. The average Bonchev–Trinajstić information content (AvgIpc) is 2.42. The molecule has 0 atom stereocenters. The number of hydrogen-bond donors (Lipinski definition) is 1. The Labute approximate surface area is 112 Å². The van der Waals surface area contributed by atoms with Crippen molar-refractivity contribution < 1.29 is 9.13 Å². The van der Waals surface area contributed by atoms with E-state index in [1.807, 2.05) is 13.0 Å². The topological polar surface area (TPSA) is 34.1 Å². The fourth-order valence-corrected chi connectivity index (χ4v) is 1.64. The summed E-state index contributed by atoms with van der Waals surface area (Å²) in [5.41, 5.74) is 1.96. The molecule has 100 valence electrons. The highest BCUT2D eigenvalue weighted by Gasteiger charge is 2.04. The van der Waals surface area contributed by atoms with Crippen molar-refractivity contribution in [2.45, 2.75) is 20.4 Å². The van der Waals surface area contributed by atoms with Crippen molar-refractivity contribution in [1.82, 2.24) is 10.3 Å². The van der Waals surface area contributed by atoms with Crippen LogP contribution in [0.5, 0.6) is 11.6 Å². The number of pyridine rings is 1. The molecule has 0 unspecified atom stereocenters. The third-order valence-corrected chi connectivity index (χ3v) is 2.74. The quantitative estimate of drug-likeness (QED) is 0.894. The number of aryl methyl sites for hydroxylation is 1. The summed E-state index contributed by atoms with van der Waals surface area (Å²) in [5.74, 6) is 0.644. The molecule has 0 aliphatic carbocycles. The van der Waals surface area contributed by atoms with Gasteiger partial charge in [0.05, 0.1) is 0 Å². The summed E-state index contributed by atoms with van der Waals surface area (Å²) < 4.78 is 18.7. The van der Waals surface area contributed by atoms with E-state index in [4.69, 9.17) is 4.74 Å². The monoisotopic (exact) mass is 260 g/mol. The maximum absolute atomic E-state index is 13.1. The van der Waals surface area contributed by atoms with Gasteiger partial charge in [-0.05, 0) is 30.7 Å². The van der Waals surface area contributed by atoms with Crippen LogP contribution in [0.15, 0.2) is 36.5 Å². The molecule has 0 bridgehead atoms. The Morgan fingerprint density at radius 1 is 1.26 bits per heavy atom. The summed E-state index contributed by atoms with van der Waals surface area (Å²) in [6.45, 7) is 5.62. The molecule has 0 saturated carbocycles. The van der Waals surface area contributed by atoms with Crippen molar-refractivity contribution in [1.29, 1.82) is 0 Å². The van der Waals surface area contributed by atoms with Crippen molar-refractivity contribution in [2.24, 2.45) is 0 Å². The number of benzene rings is 1. The zero-order valence-electron chi connectivity index (χ0n) is 11.1. The zero-order chi connectivity index (χ0) is 13.7. The van der Waals surface area contributed by atoms with Gasteiger partial charge in [0.25, 0.3) is 0 Å². The summed E-state index contributed by atoms with van der Waals surface area (Å²) in [6, 6.07) is 8.19. The highest BCUT2D eigenvalue weighted by atomic mass is 19.1. The first-order valence-corrected chi connectivity index (χ1v) is 6.28. The standard InChI is InChI=1S/C15H17FN2O/c1-3-17-9-12-5-7-15(18-10-12)19-14-8-13(16)6-4-11(14)2/h4-8,10,17H,3,9H2,1-2H3. The van der Waals surface area contributed by atoms with Crippen LogP contribution in [-0.2, 0) is 6.54 Å². The van der Waals surface area contributed by atoms with Gasteiger partial charge in [0.2, 0.25) is 5.88 Å². The largest absolute Gasteiger partial charge is 0.439 e. The third kappa shape index (κ3) is 3.76. The molecule has 2 rings (SSSR count). The first-order chi connectivity index (χ1) is 9.19. The van der Waals surface area contributed by atoms with Crippen molar-refractivity contribution in [3.8, 4) is 11.6 Å². The predicted molar refractivity (Wildman–Crippen MR) is 72.8 cm³/mol. The van der Waals surface area contributed by atoms with Crippen LogP contribution in [-0.4, -0.2) is 11.5 Å². The zero-order valence-corrected chi connectivity index (χ0v) is 11.1. The Hall–Kier alpha value is -1.94. The molecule has 4 heteroatoms. The van der Waals surface area contributed by atoms with Gasteiger partial charge in [-0.15, -0.1) is 0 Å². The molecule has 1 heterocycles. The van der Waals surface area contributed by atoms with Crippen molar-refractivity contribution in [3.05, 3.63) is 53.5 Å². The van der Waals surface area contributed by atoms with Gasteiger partial charge in [-0.1, -0.05) is 19.1 Å². The highest BCUT2D eigenvalue weighted by molar-refractivity contribution is 5.35. The van der Waals surface area contributed by atoms with Crippen molar-refractivity contribution >= 4 is 0 Å². The molecule has 0 fully saturated rings. The minimum Gasteiger partial charge on any atom is -0.439 e. The molecule has 0 aliphatic rings. The second-order valence-electron chi connectivity index (χ2n) is 4.30. The maximum Gasteiger partial charge on any atom is 0.219 e. The van der Waals surface area contributed by atoms with Gasteiger partial charge in [-0.25, -0.2) is 9.37 Å². The van der Waals surface area contributed by atoms with Crippen LogP contribution in [0.1, 0.15) is 18.1 Å². The van der Waals surface area contributed by atoms with E-state index >= 15 is 0 Å². The van der Waals surface area contributed by atoms with Crippen LogP contribution in [0.4, 0.5) is 4.39 Å². The molecule has 3 nitrogen and oxygen atoms in total. The second-order valence-corrected chi connectivity index (χ2v) is 4.30. The van der Waals surface area contributed by atoms with Crippen LogP contribution in [0.25, 0.3) is 0 Å². The Balaban J connectivity index is 2.08. The van der Waals surface area contributed by atoms with Gasteiger partial charge in [-0.2, -0.15) is 0 Å². The first kappa shape index (κ1) is 13.5.